The number of nitrogens with zero attached hydrogens (tertiary/aromatic N) is 3. The second-order valence-electron chi connectivity index (χ2n) is 4.00. The lowest BCUT2D eigenvalue weighted by molar-refractivity contribution is -0.385. The van der Waals surface area contributed by atoms with Crippen LogP contribution >= 0.6 is 0 Å². The predicted molar refractivity (Wildman–Crippen MR) is 67.7 cm³/mol. The number of carbonyl (C=O) groups is 1. The van der Waals surface area contributed by atoms with E-state index in [4.69, 9.17) is 4.74 Å². The van der Waals surface area contributed by atoms with Gasteiger partial charge in [0.2, 0.25) is 5.91 Å². The minimum Gasteiger partial charge on any atom is -0.385 e. The molecular formula is C11H18N4O4. The van der Waals surface area contributed by atoms with Gasteiger partial charge in [0.1, 0.15) is 18.4 Å². The molecule has 0 saturated carbocycles. The number of hydrogen-bond donors (Lipinski definition) is 1. The minimum atomic E-state index is -0.535. The van der Waals surface area contributed by atoms with Crippen molar-refractivity contribution in [1.29, 1.82) is 0 Å². The molecule has 8 heteroatoms. The maximum Gasteiger partial charge on any atom is 0.307 e. The molecule has 1 rings (SSSR count). The van der Waals surface area contributed by atoms with Crippen LogP contribution in [0.4, 0.5) is 5.69 Å². The fourth-order valence-corrected chi connectivity index (χ4v) is 1.63. The first-order valence-electron chi connectivity index (χ1n) is 6.05. The Bertz CT molecular complexity index is 432. The Labute approximate surface area is 110 Å². The van der Waals surface area contributed by atoms with Gasteiger partial charge in [-0.1, -0.05) is 6.92 Å². The van der Waals surface area contributed by atoms with Gasteiger partial charge in [0.15, 0.2) is 0 Å². The zero-order chi connectivity index (χ0) is 14.3. The summed E-state index contributed by atoms with van der Waals surface area (Å²) in [5.74, 6) is -0.198. The largest absolute Gasteiger partial charge is 0.385 e. The summed E-state index contributed by atoms with van der Waals surface area (Å²) < 4.78 is 6.20. The van der Waals surface area contributed by atoms with E-state index in [1.165, 1.54) is 10.9 Å². The van der Waals surface area contributed by atoms with Gasteiger partial charge in [0.25, 0.3) is 0 Å². The summed E-state index contributed by atoms with van der Waals surface area (Å²) in [4.78, 5) is 22.0. The molecule has 106 valence electrons. The van der Waals surface area contributed by atoms with Crippen LogP contribution in [0.5, 0.6) is 0 Å². The van der Waals surface area contributed by atoms with Gasteiger partial charge < -0.3 is 10.1 Å². The predicted octanol–water partition coefficient (Wildman–Crippen LogP) is 0.895. The van der Waals surface area contributed by atoms with Crippen LogP contribution < -0.4 is 5.32 Å². The standard InChI is InChI=1S/C11H18N4O4/c1-3-10(11(16)12-5-4-6-19-2)14-8-9(7-13-14)15(17)18/h7-8,10H,3-6H2,1-2H3,(H,12,16). The molecule has 19 heavy (non-hydrogen) atoms. The Hall–Kier alpha value is -1.96. The molecule has 1 aromatic heterocycles. The highest BCUT2D eigenvalue weighted by Crippen LogP contribution is 2.15. The van der Waals surface area contributed by atoms with Gasteiger partial charge in [0, 0.05) is 20.3 Å². The van der Waals surface area contributed by atoms with E-state index in [2.05, 4.69) is 10.4 Å². The van der Waals surface area contributed by atoms with Gasteiger partial charge in [-0.15, -0.1) is 0 Å². The molecule has 0 aliphatic carbocycles. The lowest BCUT2D eigenvalue weighted by Gasteiger charge is -2.14. The van der Waals surface area contributed by atoms with Crippen molar-refractivity contribution in [3.05, 3.63) is 22.5 Å². The summed E-state index contributed by atoms with van der Waals surface area (Å²) in [6, 6.07) is -0.531. The van der Waals surface area contributed by atoms with Gasteiger partial charge in [-0.05, 0) is 12.8 Å². The molecule has 1 heterocycles. The van der Waals surface area contributed by atoms with Crippen LogP contribution in [0, 0.1) is 10.1 Å². The molecule has 8 nitrogen and oxygen atoms in total. The van der Waals surface area contributed by atoms with Crippen molar-refractivity contribution < 1.29 is 14.5 Å². The van der Waals surface area contributed by atoms with Crippen molar-refractivity contribution in [2.75, 3.05) is 20.3 Å². The van der Waals surface area contributed by atoms with Crippen LogP contribution in [-0.4, -0.2) is 40.9 Å². The third-order valence-corrected chi connectivity index (χ3v) is 2.63. The smallest absolute Gasteiger partial charge is 0.307 e. The Kier molecular flexibility index (Phi) is 5.94. The van der Waals surface area contributed by atoms with E-state index in [1.54, 1.807) is 7.11 Å². The first-order chi connectivity index (χ1) is 9.10. The number of rotatable bonds is 8. The summed E-state index contributed by atoms with van der Waals surface area (Å²) in [5, 5.41) is 17.2. The molecule has 1 unspecified atom stereocenters. The Morgan fingerprint density at radius 1 is 1.68 bits per heavy atom. The minimum absolute atomic E-state index is 0.120. The van der Waals surface area contributed by atoms with Gasteiger partial charge in [-0.25, -0.2) is 0 Å². The number of amides is 1. The summed E-state index contributed by atoms with van der Waals surface area (Å²) in [6.07, 6.45) is 3.64. The lowest BCUT2D eigenvalue weighted by atomic mass is 10.2. The molecule has 0 aliphatic rings. The van der Waals surface area contributed by atoms with Crippen molar-refractivity contribution in [2.45, 2.75) is 25.8 Å². The topological polar surface area (TPSA) is 99.3 Å². The van der Waals surface area contributed by atoms with Gasteiger partial charge in [-0.2, -0.15) is 5.10 Å². The second-order valence-corrected chi connectivity index (χ2v) is 4.00. The second kappa shape index (κ2) is 7.47. The normalized spacial score (nSPS) is 12.1. The summed E-state index contributed by atoms with van der Waals surface area (Å²) >= 11 is 0. The highest BCUT2D eigenvalue weighted by molar-refractivity contribution is 5.80. The Morgan fingerprint density at radius 3 is 2.95 bits per heavy atom. The van der Waals surface area contributed by atoms with E-state index in [0.29, 0.717) is 19.6 Å². The Morgan fingerprint density at radius 2 is 2.42 bits per heavy atom. The number of carbonyl (C=O) groups excluding carboxylic acids is 1. The number of nitrogens with one attached hydrogen (secondary N) is 1. The molecule has 0 radical (unpaired) electrons. The SMILES string of the molecule is CCC(C(=O)NCCCOC)n1cc([N+](=O)[O-])cn1. The fourth-order valence-electron chi connectivity index (χ4n) is 1.63. The van der Waals surface area contributed by atoms with Gasteiger partial charge in [-0.3, -0.25) is 19.6 Å². The maximum atomic E-state index is 11.9. The van der Waals surface area contributed by atoms with E-state index < -0.39 is 11.0 Å². The van der Waals surface area contributed by atoms with Crippen molar-refractivity contribution in [3.8, 4) is 0 Å². The van der Waals surface area contributed by atoms with Crippen molar-refractivity contribution in [2.24, 2.45) is 0 Å². The number of aromatic nitrogens is 2. The molecule has 0 aromatic carbocycles. The third kappa shape index (κ3) is 4.32. The van der Waals surface area contributed by atoms with E-state index in [0.717, 1.165) is 12.6 Å². The summed E-state index contributed by atoms with van der Waals surface area (Å²) in [7, 11) is 1.60. The number of nitro groups is 1. The summed E-state index contributed by atoms with van der Waals surface area (Å²) in [6.45, 7) is 2.91. The number of ether oxygens (including phenoxy) is 1. The van der Waals surface area contributed by atoms with Crippen molar-refractivity contribution in [3.63, 3.8) is 0 Å². The van der Waals surface area contributed by atoms with Gasteiger partial charge in [0.05, 0.1) is 4.92 Å². The molecule has 1 aromatic rings. The molecule has 0 aliphatic heterocycles. The zero-order valence-electron chi connectivity index (χ0n) is 11.0. The average Bonchev–Trinajstić information content (AvgIpc) is 2.85. The number of hydrogen-bond acceptors (Lipinski definition) is 5. The first-order valence-corrected chi connectivity index (χ1v) is 6.05. The molecule has 1 N–H and O–H groups in total. The van der Waals surface area contributed by atoms with Crippen LogP contribution in [0.25, 0.3) is 0 Å². The van der Waals surface area contributed by atoms with Crippen LogP contribution in [0.1, 0.15) is 25.8 Å². The molecule has 0 saturated heterocycles. The first kappa shape index (κ1) is 15.1. The van der Waals surface area contributed by atoms with E-state index in [9.17, 15) is 14.9 Å². The molecule has 1 atom stereocenters. The van der Waals surface area contributed by atoms with Crippen molar-refractivity contribution in [1.82, 2.24) is 15.1 Å². The Balaban J connectivity index is 2.60. The zero-order valence-corrected chi connectivity index (χ0v) is 11.0. The van der Waals surface area contributed by atoms with E-state index >= 15 is 0 Å². The van der Waals surface area contributed by atoms with Crippen molar-refractivity contribution >= 4 is 11.6 Å². The monoisotopic (exact) mass is 270 g/mol. The van der Waals surface area contributed by atoms with Crippen LogP contribution in [0.3, 0.4) is 0 Å². The van der Waals surface area contributed by atoms with Crippen LogP contribution in [0.2, 0.25) is 0 Å². The van der Waals surface area contributed by atoms with Crippen LogP contribution in [0.15, 0.2) is 12.4 Å². The van der Waals surface area contributed by atoms with Crippen LogP contribution in [-0.2, 0) is 9.53 Å². The highest BCUT2D eigenvalue weighted by Gasteiger charge is 2.21. The third-order valence-electron chi connectivity index (χ3n) is 2.63. The highest BCUT2D eigenvalue weighted by atomic mass is 16.6. The van der Waals surface area contributed by atoms with Gasteiger partial charge >= 0.3 is 5.69 Å². The lowest BCUT2D eigenvalue weighted by Crippen LogP contribution is -2.33. The molecule has 0 fully saturated rings. The van der Waals surface area contributed by atoms with E-state index in [1.807, 2.05) is 6.92 Å². The quantitative estimate of drug-likeness (QED) is 0.429. The molecule has 0 bridgehead atoms. The fraction of sp³-hybridized carbons (Fsp3) is 0.636. The maximum absolute atomic E-state index is 11.9. The van der Waals surface area contributed by atoms with E-state index in [-0.39, 0.29) is 11.6 Å². The molecular weight excluding hydrogens is 252 g/mol. The number of methoxy groups -OCH3 is 1. The average molecular weight is 270 g/mol. The summed E-state index contributed by atoms with van der Waals surface area (Å²) in [5.41, 5.74) is -0.120. The molecule has 1 amide bonds. The molecule has 0 spiro atoms.